The Hall–Kier alpha value is -1.38. The third-order valence-electron chi connectivity index (χ3n) is 2.85. The summed E-state index contributed by atoms with van der Waals surface area (Å²) in [5, 5.41) is 0. The van der Waals surface area contributed by atoms with Crippen LogP contribution in [-0.4, -0.2) is 14.2 Å². The molecule has 0 aromatic heterocycles. The molecule has 0 amide bonds. The van der Waals surface area contributed by atoms with Crippen LogP contribution in [0.15, 0.2) is 12.1 Å². The van der Waals surface area contributed by atoms with E-state index in [1.54, 1.807) is 14.2 Å². The van der Waals surface area contributed by atoms with Crippen molar-refractivity contribution in [2.75, 3.05) is 20.0 Å². The monoisotopic (exact) mass is 207 g/mol. The van der Waals surface area contributed by atoms with Crippen LogP contribution in [0.1, 0.15) is 18.4 Å². The van der Waals surface area contributed by atoms with Gasteiger partial charge in [-0.2, -0.15) is 0 Å². The summed E-state index contributed by atoms with van der Waals surface area (Å²) in [6.45, 7) is 0. The van der Waals surface area contributed by atoms with Crippen LogP contribution in [-0.2, 0) is 6.42 Å². The van der Waals surface area contributed by atoms with E-state index in [9.17, 15) is 0 Å². The minimum Gasteiger partial charge on any atom is -0.493 e. The van der Waals surface area contributed by atoms with Crippen LogP contribution in [0.25, 0.3) is 0 Å². The first-order chi connectivity index (χ1) is 7.24. The standard InChI is InChI=1S/C12H17NO2/c1-14-11-6-9(5-8-3-4-8)10(13)7-12(11)15-2/h6-8H,3-5,13H2,1-2H3. The number of hydrogen-bond acceptors (Lipinski definition) is 3. The van der Waals surface area contributed by atoms with E-state index in [0.717, 1.165) is 23.8 Å². The van der Waals surface area contributed by atoms with Gasteiger partial charge in [-0.3, -0.25) is 0 Å². The molecule has 0 spiro atoms. The highest BCUT2D eigenvalue weighted by atomic mass is 16.5. The van der Waals surface area contributed by atoms with Crippen LogP contribution in [0, 0.1) is 5.92 Å². The molecular weight excluding hydrogens is 190 g/mol. The van der Waals surface area contributed by atoms with E-state index >= 15 is 0 Å². The first-order valence-corrected chi connectivity index (χ1v) is 5.25. The van der Waals surface area contributed by atoms with E-state index in [-0.39, 0.29) is 0 Å². The number of methoxy groups -OCH3 is 2. The lowest BCUT2D eigenvalue weighted by Crippen LogP contribution is -1.99. The van der Waals surface area contributed by atoms with Crippen molar-refractivity contribution >= 4 is 5.69 Å². The summed E-state index contributed by atoms with van der Waals surface area (Å²) in [5.74, 6) is 2.29. The van der Waals surface area contributed by atoms with Crippen LogP contribution >= 0.6 is 0 Å². The highest BCUT2D eigenvalue weighted by molar-refractivity contribution is 5.58. The topological polar surface area (TPSA) is 44.5 Å². The summed E-state index contributed by atoms with van der Waals surface area (Å²) in [5.41, 5.74) is 7.94. The van der Waals surface area contributed by atoms with Crippen molar-refractivity contribution in [2.24, 2.45) is 5.92 Å². The molecule has 0 radical (unpaired) electrons. The van der Waals surface area contributed by atoms with Crippen molar-refractivity contribution in [3.63, 3.8) is 0 Å². The molecule has 82 valence electrons. The maximum atomic E-state index is 5.96. The second-order valence-electron chi connectivity index (χ2n) is 4.05. The van der Waals surface area contributed by atoms with Crippen molar-refractivity contribution in [3.05, 3.63) is 17.7 Å². The zero-order valence-electron chi connectivity index (χ0n) is 9.25. The number of hydrogen-bond donors (Lipinski definition) is 1. The van der Waals surface area contributed by atoms with Gasteiger partial charge < -0.3 is 15.2 Å². The maximum Gasteiger partial charge on any atom is 0.162 e. The van der Waals surface area contributed by atoms with Crippen LogP contribution in [0.2, 0.25) is 0 Å². The van der Waals surface area contributed by atoms with Crippen LogP contribution in [0.4, 0.5) is 5.69 Å². The number of anilines is 1. The second-order valence-corrected chi connectivity index (χ2v) is 4.05. The minimum absolute atomic E-state index is 0.703. The quantitative estimate of drug-likeness (QED) is 0.770. The van der Waals surface area contributed by atoms with Gasteiger partial charge in [-0.1, -0.05) is 0 Å². The highest BCUT2D eigenvalue weighted by Gasteiger charge is 2.23. The maximum absolute atomic E-state index is 5.96. The third kappa shape index (κ3) is 2.17. The Balaban J connectivity index is 2.28. The molecule has 2 N–H and O–H groups in total. The summed E-state index contributed by atoms with van der Waals surface area (Å²) in [6, 6.07) is 3.84. The van der Waals surface area contributed by atoms with Gasteiger partial charge in [0.2, 0.25) is 0 Å². The molecule has 0 atom stereocenters. The zero-order chi connectivity index (χ0) is 10.8. The predicted octanol–water partition coefficient (Wildman–Crippen LogP) is 2.24. The summed E-state index contributed by atoms with van der Waals surface area (Å²) in [6.07, 6.45) is 3.72. The van der Waals surface area contributed by atoms with Gasteiger partial charge in [0.1, 0.15) is 0 Å². The Morgan fingerprint density at radius 2 is 1.80 bits per heavy atom. The van der Waals surface area contributed by atoms with Crippen molar-refractivity contribution in [3.8, 4) is 11.5 Å². The van der Waals surface area contributed by atoms with Gasteiger partial charge >= 0.3 is 0 Å². The molecule has 0 unspecified atom stereocenters. The molecule has 1 aliphatic rings. The average molecular weight is 207 g/mol. The molecule has 1 fully saturated rings. The normalized spacial score (nSPS) is 15.1. The first kappa shape index (κ1) is 10.1. The second kappa shape index (κ2) is 4.01. The summed E-state index contributed by atoms with van der Waals surface area (Å²) >= 11 is 0. The molecule has 15 heavy (non-hydrogen) atoms. The molecular formula is C12H17NO2. The zero-order valence-corrected chi connectivity index (χ0v) is 9.25. The van der Waals surface area contributed by atoms with E-state index in [4.69, 9.17) is 15.2 Å². The summed E-state index contributed by atoms with van der Waals surface area (Å²) < 4.78 is 10.4. The van der Waals surface area contributed by atoms with Crippen molar-refractivity contribution < 1.29 is 9.47 Å². The Bertz CT molecular complexity index is 359. The Kier molecular flexibility index (Phi) is 2.71. The number of nitrogen functional groups attached to an aromatic ring is 1. The third-order valence-corrected chi connectivity index (χ3v) is 2.85. The molecule has 3 nitrogen and oxygen atoms in total. The van der Waals surface area contributed by atoms with Crippen molar-refractivity contribution in [1.82, 2.24) is 0 Å². The molecule has 3 heteroatoms. The number of rotatable bonds is 4. The smallest absolute Gasteiger partial charge is 0.162 e. The molecule has 0 bridgehead atoms. The van der Waals surface area contributed by atoms with Crippen LogP contribution in [0.3, 0.4) is 0 Å². The molecule has 0 heterocycles. The fourth-order valence-electron chi connectivity index (χ4n) is 1.75. The van der Waals surface area contributed by atoms with Crippen LogP contribution in [0.5, 0.6) is 11.5 Å². The molecule has 2 rings (SSSR count). The molecule has 1 aromatic rings. The fourth-order valence-corrected chi connectivity index (χ4v) is 1.75. The van der Waals surface area contributed by atoms with Gasteiger partial charge in [0, 0.05) is 11.8 Å². The number of nitrogens with two attached hydrogens (primary N) is 1. The summed E-state index contributed by atoms with van der Waals surface area (Å²) in [7, 11) is 3.27. The highest BCUT2D eigenvalue weighted by Crippen LogP contribution is 2.38. The van der Waals surface area contributed by atoms with E-state index in [2.05, 4.69) is 0 Å². The molecule has 1 saturated carbocycles. The Labute approximate surface area is 90.2 Å². The van der Waals surface area contributed by atoms with Gasteiger partial charge in [-0.05, 0) is 36.8 Å². The SMILES string of the molecule is COc1cc(N)c(CC2CC2)cc1OC. The lowest BCUT2D eigenvalue weighted by Gasteiger charge is -2.12. The first-order valence-electron chi connectivity index (χ1n) is 5.25. The van der Waals surface area contributed by atoms with Crippen molar-refractivity contribution in [1.29, 1.82) is 0 Å². The van der Waals surface area contributed by atoms with E-state index in [1.165, 1.54) is 18.4 Å². The summed E-state index contributed by atoms with van der Waals surface area (Å²) in [4.78, 5) is 0. The van der Waals surface area contributed by atoms with Gasteiger partial charge in [0.25, 0.3) is 0 Å². The minimum atomic E-state index is 0.703. The van der Waals surface area contributed by atoms with Gasteiger partial charge in [0.05, 0.1) is 14.2 Å². The lowest BCUT2D eigenvalue weighted by molar-refractivity contribution is 0.354. The van der Waals surface area contributed by atoms with Gasteiger partial charge in [-0.15, -0.1) is 0 Å². The molecule has 1 aromatic carbocycles. The predicted molar refractivity (Wildman–Crippen MR) is 60.4 cm³/mol. The average Bonchev–Trinajstić information content (AvgIpc) is 3.04. The molecule has 1 aliphatic carbocycles. The lowest BCUT2D eigenvalue weighted by atomic mass is 10.1. The van der Waals surface area contributed by atoms with E-state index < -0.39 is 0 Å². The van der Waals surface area contributed by atoms with Crippen molar-refractivity contribution in [2.45, 2.75) is 19.3 Å². The van der Waals surface area contributed by atoms with E-state index in [1.807, 2.05) is 12.1 Å². The fraction of sp³-hybridized carbons (Fsp3) is 0.500. The van der Waals surface area contributed by atoms with Gasteiger partial charge in [-0.25, -0.2) is 0 Å². The molecule has 0 saturated heterocycles. The molecule has 0 aliphatic heterocycles. The van der Waals surface area contributed by atoms with Crippen LogP contribution < -0.4 is 15.2 Å². The van der Waals surface area contributed by atoms with E-state index in [0.29, 0.717) is 5.75 Å². The number of benzene rings is 1. The van der Waals surface area contributed by atoms with Gasteiger partial charge in [0.15, 0.2) is 11.5 Å². The largest absolute Gasteiger partial charge is 0.493 e. The Morgan fingerprint density at radius 1 is 1.20 bits per heavy atom. The number of ether oxygens (including phenoxy) is 2. The Morgan fingerprint density at radius 3 is 2.33 bits per heavy atom.